The Morgan fingerprint density at radius 1 is 1.19 bits per heavy atom. The Bertz CT molecular complexity index is 977. The maximum Gasteiger partial charge on any atom is 0.272 e. The average Bonchev–Trinajstić information content (AvgIpc) is 3.38. The first-order valence-corrected chi connectivity index (χ1v) is 9.27. The SMILES string of the molecule is O=C(c1cc(-c2cccs2)nn1-c1cccc([N+](=O)[O-])c1)N1CCOCC1. The molecule has 8 nitrogen and oxygen atoms in total. The number of nitro groups is 1. The van der Waals surface area contributed by atoms with E-state index in [0.29, 0.717) is 43.4 Å². The minimum absolute atomic E-state index is 0.0505. The zero-order valence-corrected chi connectivity index (χ0v) is 15.1. The standard InChI is InChI=1S/C18H16N4O4S/c23-18(20-6-8-26-9-7-20)16-12-15(17-5-2-10-27-17)19-21(16)13-3-1-4-14(11-13)22(24)25/h1-5,10-12H,6-9H2. The van der Waals surface area contributed by atoms with Gasteiger partial charge in [0, 0.05) is 25.2 Å². The molecule has 0 aliphatic carbocycles. The summed E-state index contributed by atoms with van der Waals surface area (Å²) < 4.78 is 6.80. The van der Waals surface area contributed by atoms with E-state index in [-0.39, 0.29) is 11.6 Å². The van der Waals surface area contributed by atoms with Crippen molar-refractivity contribution >= 4 is 22.9 Å². The van der Waals surface area contributed by atoms with Gasteiger partial charge >= 0.3 is 0 Å². The number of aromatic nitrogens is 2. The van der Waals surface area contributed by atoms with Crippen molar-refractivity contribution < 1.29 is 14.5 Å². The van der Waals surface area contributed by atoms with Crippen LogP contribution in [0.15, 0.2) is 47.8 Å². The number of hydrogen-bond donors (Lipinski definition) is 0. The van der Waals surface area contributed by atoms with Crippen molar-refractivity contribution in [3.05, 3.63) is 63.7 Å². The van der Waals surface area contributed by atoms with Crippen LogP contribution in [0.4, 0.5) is 5.69 Å². The number of thiophene rings is 1. The number of rotatable bonds is 4. The van der Waals surface area contributed by atoms with Gasteiger partial charge in [0.2, 0.25) is 0 Å². The minimum Gasteiger partial charge on any atom is -0.378 e. The average molecular weight is 384 g/mol. The number of hydrogen-bond acceptors (Lipinski definition) is 6. The Kier molecular flexibility index (Phi) is 4.69. The number of benzene rings is 1. The third-order valence-electron chi connectivity index (χ3n) is 4.29. The molecule has 0 N–H and O–H groups in total. The van der Waals surface area contributed by atoms with Gasteiger partial charge in [0.05, 0.1) is 28.7 Å². The van der Waals surface area contributed by atoms with Crippen LogP contribution in [0.2, 0.25) is 0 Å². The van der Waals surface area contributed by atoms with Crippen LogP contribution in [0.3, 0.4) is 0 Å². The number of nitro benzene ring substituents is 1. The molecule has 0 radical (unpaired) electrons. The van der Waals surface area contributed by atoms with Gasteiger partial charge in [-0.15, -0.1) is 11.3 Å². The molecule has 4 rings (SSSR count). The van der Waals surface area contributed by atoms with Crippen molar-refractivity contribution in [1.82, 2.24) is 14.7 Å². The zero-order chi connectivity index (χ0) is 18.8. The first kappa shape index (κ1) is 17.4. The smallest absolute Gasteiger partial charge is 0.272 e. The Labute approximate surface area is 158 Å². The lowest BCUT2D eigenvalue weighted by Gasteiger charge is -2.26. The number of non-ortho nitro benzene ring substituents is 1. The summed E-state index contributed by atoms with van der Waals surface area (Å²) in [5.74, 6) is -0.167. The fourth-order valence-corrected chi connectivity index (χ4v) is 3.62. The summed E-state index contributed by atoms with van der Waals surface area (Å²) in [5, 5.41) is 17.6. The zero-order valence-electron chi connectivity index (χ0n) is 14.3. The second kappa shape index (κ2) is 7.29. The fraction of sp³-hybridized carbons (Fsp3) is 0.222. The number of morpholine rings is 1. The summed E-state index contributed by atoms with van der Waals surface area (Å²) in [6.45, 7) is 2.00. The highest BCUT2D eigenvalue weighted by Gasteiger charge is 2.25. The van der Waals surface area contributed by atoms with Crippen molar-refractivity contribution in [3.8, 4) is 16.3 Å². The molecule has 3 heterocycles. The first-order chi connectivity index (χ1) is 13.1. The monoisotopic (exact) mass is 384 g/mol. The van der Waals surface area contributed by atoms with E-state index < -0.39 is 4.92 Å². The molecule has 0 atom stereocenters. The van der Waals surface area contributed by atoms with Gasteiger partial charge in [-0.1, -0.05) is 12.1 Å². The maximum absolute atomic E-state index is 13.1. The van der Waals surface area contributed by atoms with Gasteiger partial charge in [0.1, 0.15) is 11.4 Å². The molecule has 9 heteroatoms. The summed E-state index contributed by atoms with van der Waals surface area (Å²) >= 11 is 1.52. The molecular formula is C18H16N4O4S. The number of ether oxygens (including phenoxy) is 1. The van der Waals surface area contributed by atoms with Gasteiger partial charge in [-0.2, -0.15) is 5.10 Å². The normalized spacial score (nSPS) is 14.3. The van der Waals surface area contributed by atoms with Gasteiger partial charge in [-0.3, -0.25) is 14.9 Å². The lowest BCUT2D eigenvalue weighted by Crippen LogP contribution is -2.41. The highest BCUT2D eigenvalue weighted by Crippen LogP contribution is 2.27. The van der Waals surface area contributed by atoms with Crippen LogP contribution in [0.25, 0.3) is 16.3 Å². The van der Waals surface area contributed by atoms with Crippen LogP contribution in [-0.2, 0) is 4.74 Å². The van der Waals surface area contributed by atoms with Crippen LogP contribution in [0, 0.1) is 10.1 Å². The minimum atomic E-state index is -0.462. The molecule has 138 valence electrons. The molecule has 0 spiro atoms. The molecule has 27 heavy (non-hydrogen) atoms. The summed E-state index contributed by atoms with van der Waals surface area (Å²) in [6, 6.07) is 11.7. The molecular weight excluding hydrogens is 368 g/mol. The van der Waals surface area contributed by atoms with Crippen molar-refractivity contribution in [1.29, 1.82) is 0 Å². The summed E-state index contributed by atoms with van der Waals surface area (Å²) in [6.07, 6.45) is 0. The van der Waals surface area contributed by atoms with Crippen LogP contribution in [0.1, 0.15) is 10.5 Å². The van der Waals surface area contributed by atoms with E-state index >= 15 is 0 Å². The van der Waals surface area contributed by atoms with Gasteiger partial charge < -0.3 is 9.64 Å². The molecule has 0 bridgehead atoms. The van der Waals surface area contributed by atoms with E-state index in [1.54, 1.807) is 23.1 Å². The largest absolute Gasteiger partial charge is 0.378 e. The van der Waals surface area contributed by atoms with E-state index in [2.05, 4.69) is 5.10 Å². The second-order valence-electron chi connectivity index (χ2n) is 5.99. The van der Waals surface area contributed by atoms with Crippen molar-refractivity contribution in [3.63, 3.8) is 0 Å². The van der Waals surface area contributed by atoms with E-state index in [1.165, 1.54) is 28.2 Å². The molecule has 1 aromatic carbocycles. The maximum atomic E-state index is 13.1. The Hall–Kier alpha value is -3.04. The third-order valence-corrected chi connectivity index (χ3v) is 5.18. The van der Waals surface area contributed by atoms with Crippen LogP contribution >= 0.6 is 11.3 Å². The highest BCUT2D eigenvalue weighted by molar-refractivity contribution is 7.13. The summed E-state index contributed by atoms with van der Waals surface area (Å²) in [7, 11) is 0. The van der Waals surface area contributed by atoms with Crippen molar-refractivity contribution in [2.24, 2.45) is 0 Å². The molecule has 0 unspecified atom stereocenters. The summed E-state index contributed by atoms with van der Waals surface area (Å²) in [5.41, 5.74) is 1.46. The van der Waals surface area contributed by atoms with Crippen LogP contribution < -0.4 is 0 Å². The Balaban J connectivity index is 1.80. The number of amides is 1. The number of carbonyl (C=O) groups excluding carboxylic acids is 1. The van der Waals surface area contributed by atoms with Gasteiger partial charge in [-0.05, 0) is 23.6 Å². The van der Waals surface area contributed by atoms with Crippen LogP contribution in [0.5, 0.6) is 0 Å². The molecule has 2 aromatic heterocycles. The predicted octanol–water partition coefficient (Wildman–Crippen LogP) is 2.98. The lowest BCUT2D eigenvalue weighted by atomic mass is 10.2. The van der Waals surface area contributed by atoms with E-state index in [0.717, 1.165) is 4.88 Å². The van der Waals surface area contributed by atoms with Crippen LogP contribution in [-0.4, -0.2) is 51.8 Å². The van der Waals surface area contributed by atoms with Gasteiger partial charge in [0.15, 0.2) is 0 Å². The summed E-state index contributed by atoms with van der Waals surface area (Å²) in [4.78, 5) is 26.4. The number of nitrogens with zero attached hydrogens (tertiary/aromatic N) is 4. The molecule has 1 fully saturated rings. The topological polar surface area (TPSA) is 90.5 Å². The lowest BCUT2D eigenvalue weighted by molar-refractivity contribution is -0.384. The second-order valence-corrected chi connectivity index (χ2v) is 6.93. The fourth-order valence-electron chi connectivity index (χ4n) is 2.94. The third kappa shape index (κ3) is 3.46. The van der Waals surface area contributed by atoms with E-state index in [4.69, 9.17) is 4.74 Å². The highest BCUT2D eigenvalue weighted by atomic mass is 32.1. The van der Waals surface area contributed by atoms with E-state index in [1.807, 2.05) is 17.5 Å². The molecule has 1 amide bonds. The van der Waals surface area contributed by atoms with Gasteiger partial charge in [0.25, 0.3) is 11.6 Å². The Morgan fingerprint density at radius 2 is 2.00 bits per heavy atom. The molecule has 1 aliphatic rings. The molecule has 0 saturated carbocycles. The molecule has 1 saturated heterocycles. The van der Waals surface area contributed by atoms with Crippen molar-refractivity contribution in [2.75, 3.05) is 26.3 Å². The van der Waals surface area contributed by atoms with Crippen molar-refractivity contribution in [2.45, 2.75) is 0 Å². The Morgan fingerprint density at radius 3 is 2.70 bits per heavy atom. The number of carbonyl (C=O) groups is 1. The molecule has 1 aliphatic heterocycles. The first-order valence-electron chi connectivity index (χ1n) is 8.39. The quantitative estimate of drug-likeness (QED) is 0.509. The predicted molar refractivity (Wildman–Crippen MR) is 100 cm³/mol. The van der Waals surface area contributed by atoms with Gasteiger partial charge in [-0.25, -0.2) is 4.68 Å². The van der Waals surface area contributed by atoms with E-state index in [9.17, 15) is 14.9 Å². The molecule has 3 aromatic rings.